The van der Waals surface area contributed by atoms with Crippen molar-refractivity contribution in [3.05, 3.63) is 70.2 Å². The van der Waals surface area contributed by atoms with Gasteiger partial charge in [-0.1, -0.05) is 48.0 Å². The molecule has 1 saturated carbocycles. The molecule has 1 N–H and O–H groups in total. The number of hydrogen-bond acceptors (Lipinski definition) is 2. The Balaban J connectivity index is 1.69. The summed E-state index contributed by atoms with van der Waals surface area (Å²) in [5.41, 5.74) is 2.87. The molecule has 2 aromatic rings. The summed E-state index contributed by atoms with van der Waals surface area (Å²) in [5, 5.41) is 3.78. The molecule has 23 heavy (non-hydrogen) atoms. The number of amides is 1. The zero-order chi connectivity index (χ0) is 16.3. The fraction of sp³-hybridized carbons (Fsp3) is 0.316. The fourth-order valence-electron chi connectivity index (χ4n) is 2.91. The molecule has 0 aromatic heterocycles. The maximum absolute atomic E-state index is 12.7. The predicted octanol–water partition coefficient (Wildman–Crippen LogP) is 3.83. The Morgan fingerprint density at radius 2 is 1.78 bits per heavy atom. The average Bonchev–Trinajstić information content (AvgIpc) is 3.36. The third-order valence-electron chi connectivity index (χ3n) is 4.44. The van der Waals surface area contributed by atoms with E-state index in [9.17, 15) is 4.79 Å². The van der Waals surface area contributed by atoms with Crippen LogP contribution in [0.5, 0.6) is 0 Å². The van der Waals surface area contributed by atoms with Crippen LogP contribution >= 0.6 is 11.6 Å². The van der Waals surface area contributed by atoms with Gasteiger partial charge in [-0.05, 0) is 41.7 Å². The van der Waals surface area contributed by atoms with Crippen molar-refractivity contribution in [2.45, 2.75) is 31.4 Å². The number of carbonyl (C=O) groups excluding carboxylic acids is 1. The molecule has 1 aliphatic rings. The summed E-state index contributed by atoms with van der Waals surface area (Å²) in [6.45, 7) is 1.07. The van der Waals surface area contributed by atoms with E-state index in [1.165, 1.54) is 0 Å². The molecule has 3 rings (SSSR count). The maximum Gasteiger partial charge on any atom is 0.230 e. The third-order valence-corrected chi connectivity index (χ3v) is 4.69. The zero-order valence-corrected chi connectivity index (χ0v) is 13.9. The van der Waals surface area contributed by atoms with Crippen LogP contribution in [0.25, 0.3) is 0 Å². The van der Waals surface area contributed by atoms with E-state index >= 15 is 0 Å². The van der Waals surface area contributed by atoms with Crippen LogP contribution in [0.15, 0.2) is 48.5 Å². The molecule has 0 radical (unpaired) electrons. The number of benzene rings is 2. The monoisotopic (exact) mass is 329 g/mol. The van der Waals surface area contributed by atoms with E-state index in [0.29, 0.717) is 18.2 Å². The molecule has 120 valence electrons. The Bertz CT molecular complexity index is 693. The summed E-state index contributed by atoms with van der Waals surface area (Å²) in [6.07, 6.45) is 1.78. The van der Waals surface area contributed by atoms with Crippen LogP contribution in [-0.2, 0) is 28.1 Å². The Kier molecular flexibility index (Phi) is 4.69. The summed E-state index contributed by atoms with van der Waals surface area (Å²) in [6, 6.07) is 15.6. The molecule has 0 heterocycles. The lowest BCUT2D eigenvalue weighted by molar-refractivity contribution is -0.123. The minimum absolute atomic E-state index is 0.0899. The number of hydrogen-bond donors (Lipinski definition) is 1. The second-order valence-electron chi connectivity index (χ2n) is 5.97. The van der Waals surface area contributed by atoms with Gasteiger partial charge in [0.25, 0.3) is 0 Å². The van der Waals surface area contributed by atoms with Gasteiger partial charge in [-0.3, -0.25) is 4.79 Å². The number of ether oxygens (including phenoxy) is 1. The van der Waals surface area contributed by atoms with Gasteiger partial charge in [0.15, 0.2) is 0 Å². The van der Waals surface area contributed by atoms with Crippen LogP contribution in [0.2, 0.25) is 5.02 Å². The topological polar surface area (TPSA) is 38.3 Å². The molecule has 1 amide bonds. The molecule has 0 spiro atoms. The second-order valence-corrected chi connectivity index (χ2v) is 6.41. The average molecular weight is 330 g/mol. The molecule has 4 heteroatoms. The summed E-state index contributed by atoms with van der Waals surface area (Å²) < 4.78 is 5.21. The minimum Gasteiger partial charge on any atom is -0.380 e. The van der Waals surface area contributed by atoms with Gasteiger partial charge >= 0.3 is 0 Å². The van der Waals surface area contributed by atoms with Crippen molar-refractivity contribution >= 4 is 17.5 Å². The summed E-state index contributed by atoms with van der Waals surface area (Å²) in [4.78, 5) is 12.7. The Morgan fingerprint density at radius 1 is 1.13 bits per heavy atom. The first-order valence-electron chi connectivity index (χ1n) is 7.76. The van der Waals surface area contributed by atoms with Gasteiger partial charge in [0.2, 0.25) is 5.91 Å². The molecule has 1 fully saturated rings. The number of halogens is 1. The standard InChI is InChI=1S/C19H20ClNO2/c1-23-13-15-5-3-2-4-14(15)12-21-18(22)19(10-11-19)16-6-8-17(20)9-7-16/h2-9H,10-13H2,1H3,(H,21,22). The van der Waals surface area contributed by atoms with E-state index in [1.807, 2.05) is 48.5 Å². The second kappa shape index (κ2) is 6.73. The zero-order valence-electron chi connectivity index (χ0n) is 13.1. The summed E-state index contributed by atoms with van der Waals surface area (Å²) in [7, 11) is 1.68. The lowest BCUT2D eigenvalue weighted by Gasteiger charge is -2.17. The molecule has 1 aliphatic carbocycles. The molecule has 2 aromatic carbocycles. The number of methoxy groups -OCH3 is 1. The van der Waals surface area contributed by atoms with Gasteiger partial charge in [-0.15, -0.1) is 0 Å². The first-order valence-corrected chi connectivity index (χ1v) is 8.13. The van der Waals surface area contributed by atoms with Gasteiger partial charge in [-0.25, -0.2) is 0 Å². The first-order chi connectivity index (χ1) is 11.2. The van der Waals surface area contributed by atoms with E-state index in [4.69, 9.17) is 16.3 Å². The Hall–Kier alpha value is -1.84. The highest BCUT2D eigenvalue weighted by Gasteiger charge is 2.51. The lowest BCUT2D eigenvalue weighted by Crippen LogP contribution is -2.34. The van der Waals surface area contributed by atoms with Gasteiger partial charge in [0.1, 0.15) is 0 Å². The van der Waals surface area contributed by atoms with Crippen molar-refractivity contribution in [3.8, 4) is 0 Å². The van der Waals surface area contributed by atoms with Crippen LogP contribution in [0.1, 0.15) is 29.5 Å². The van der Waals surface area contributed by atoms with E-state index < -0.39 is 0 Å². The van der Waals surface area contributed by atoms with Gasteiger partial charge in [0.05, 0.1) is 12.0 Å². The Labute approximate surface area is 141 Å². The van der Waals surface area contributed by atoms with Crippen LogP contribution in [-0.4, -0.2) is 13.0 Å². The smallest absolute Gasteiger partial charge is 0.230 e. The van der Waals surface area contributed by atoms with Crippen molar-refractivity contribution in [2.24, 2.45) is 0 Å². The van der Waals surface area contributed by atoms with Crippen molar-refractivity contribution in [3.63, 3.8) is 0 Å². The van der Waals surface area contributed by atoms with Crippen LogP contribution in [0.4, 0.5) is 0 Å². The van der Waals surface area contributed by atoms with Gasteiger partial charge in [-0.2, -0.15) is 0 Å². The maximum atomic E-state index is 12.7. The fourth-order valence-corrected chi connectivity index (χ4v) is 3.04. The number of carbonyl (C=O) groups is 1. The van der Waals surface area contributed by atoms with Crippen LogP contribution in [0, 0.1) is 0 Å². The van der Waals surface area contributed by atoms with E-state index in [1.54, 1.807) is 7.11 Å². The van der Waals surface area contributed by atoms with Gasteiger partial charge in [0, 0.05) is 18.7 Å². The van der Waals surface area contributed by atoms with E-state index in [-0.39, 0.29) is 11.3 Å². The van der Waals surface area contributed by atoms with E-state index in [2.05, 4.69) is 5.32 Å². The molecule has 0 bridgehead atoms. The van der Waals surface area contributed by atoms with E-state index in [0.717, 1.165) is 29.5 Å². The summed E-state index contributed by atoms with van der Waals surface area (Å²) >= 11 is 5.94. The molecule has 0 unspecified atom stereocenters. The third kappa shape index (κ3) is 3.41. The highest BCUT2D eigenvalue weighted by molar-refractivity contribution is 6.30. The molecule has 0 atom stereocenters. The highest BCUT2D eigenvalue weighted by atomic mass is 35.5. The summed E-state index contributed by atoms with van der Waals surface area (Å²) in [5.74, 6) is 0.0899. The van der Waals surface area contributed by atoms with Crippen LogP contribution < -0.4 is 5.32 Å². The molecule has 0 saturated heterocycles. The number of rotatable bonds is 6. The molecular formula is C19H20ClNO2. The molecule has 0 aliphatic heterocycles. The van der Waals surface area contributed by atoms with Crippen LogP contribution in [0.3, 0.4) is 0 Å². The van der Waals surface area contributed by atoms with Gasteiger partial charge < -0.3 is 10.1 Å². The highest BCUT2D eigenvalue weighted by Crippen LogP contribution is 2.48. The lowest BCUT2D eigenvalue weighted by atomic mass is 9.95. The number of nitrogens with one attached hydrogen (secondary N) is 1. The molecule has 3 nitrogen and oxygen atoms in total. The Morgan fingerprint density at radius 3 is 2.39 bits per heavy atom. The predicted molar refractivity (Wildman–Crippen MR) is 91.4 cm³/mol. The van der Waals surface area contributed by atoms with Crippen molar-refractivity contribution in [1.29, 1.82) is 0 Å². The normalized spacial score (nSPS) is 15.2. The quantitative estimate of drug-likeness (QED) is 0.874. The van der Waals surface area contributed by atoms with Crippen molar-refractivity contribution < 1.29 is 9.53 Å². The van der Waals surface area contributed by atoms with Crippen molar-refractivity contribution in [2.75, 3.05) is 7.11 Å². The SMILES string of the molecule is COCc1ccccc1CNC(=O)C1(c2ccc(Cl)cc2)CC1. The minimum atomic E-state index is -0.374. The first kappa shape index (κ1) is 16.0. The van der Waals surface area contributed by atoms with Crippen molar-refractivity contribution in [1.82, 2.24) is 5.32 Å². The molecular weight excluding hydrogens is 310 g/mol. The largest absolute Gasteiger partial charge is 0.380 e.